The molecule has 16 heavy (non-hydrogen) atoms. The number of hydrogen-bond donors (Lipinski definition) is 0. The zero-order valence-electron chi connectivity index (χ0n) is 8.82. The summed E-state index contributed by atoms with van der Waals surface area (Å²) in [5, 5.41) is 7.93. The quantitative estimate of drug-likeness (QED) is 0.771. The summed E-state index contributed by atoms with van der Waals surface area (Å²) in [5.41, 5.74) is 2.22. The van der Waals surface area contributed by atoms with Gasteiger partial charge >= 0.3 is 0 Å². The third kappa shape index (κ3) is 2.22. The third-order valence-corrected chi connectivity index (χ3v) is 2.49. The summed E-state index contributed by atoms with van der Waals surface area (Å²) in [4.78, 5) is 0. The Hall–Kier alpha value is -1.42. The van der Waals surface area contributed by atoms with Crippen LogP contribution in [0.15, 0.2) is 24.4 Å². The molecule has 3 nitrogen and oxygen atoms in total. The Morgan fingerprint density at radius 3 is 2.94 bits per heavy atom. The second kappa shape index (κ2) is 4.61. The number of benzene rings is 1. The van der Waals surface area contributed by atoms with Gasteiger partial charge in [0.25, 0.3) is 0 Å². The summed E-state index contributed by atoms with van der Waals surface area (Å²) in [5.74, 6) is 0.297. The Morgan fingerprint density at radius 2 is 2.25 bits per heavy atom. The molecule has 1 aromatic heterocycles. The van der Waals surface area contributed by atoms with Crippen molar-refractivity contribution in [3.63, 3.8) is 0 Å². The first-order chi connectivity index (χ1) is 7.70. The van der Waals surface area contributed by atoms with Gasteiger partial charge in [0, 0.05) is 12.3 Å². The van der Waals surface area contributed by atoms with Crippen LogP contribution in [0.2, 0.25) is 0 Å². The van der Waals surface area contributed by atoms with Crippen LogP contribution in [0.1, 0.15) is 11.3 Å². The molecule has 0 radical (unpaired) electrons. The second-order valence-corrected chi connectivity index (χ2v) is 3.90. The van der Waals surface area contributed by atoms with E-state index in [9.17, 15) is 4.39 Å². The maximum Gasteiger partial charge on any atom is 0.126 e. The molecule has 5 heteroatoms. The molecule has 0 aliphatic carbocycles. The molecule has 1 aromatic carbocycles. The molecule has 84 valence electrons. The van der Waals surface area contributed by atoms with Gasteiger partial charge in [-0.25, -0.2) is 9.07 Å². The van der Waals surface area contributed by atoms with Crippen molar-refractivity contribution in [3.8, 4) is 5.69 Å². The van der Waals surface area contributed by atoms with Crippen LogP contribution in [-0.2, 0) is 6.42 Å². The number of rotatable bonds is 3. The lowest BCUT2D eigenvalue weighted by Gasteiger charge is -2.01. The predicted octanol–water partition coefficient (Wildman–Crippen LogP) is 2.50. The Bertz CT molecular complexity index is 496. The summed E-state index contributed by atoms with van der Waals surface area (Å²) in [6, 6.07) is 4.82. The average molecular weight is 240 g/mol. The molecule has 0 aliphatic heterocycles. The van der Waals surface area contributed by atoms with E-state index in [4.69, 9.17) is 11.6 Å². The molecule has 0 saturated carbocycles. The van der Waals surface area contributed by atoms with Crippen LogP contribution in [0.3, 0.4) is 0 Å². The Balaban J connectivity index is 2.31. The third-order valence-electron chi connectivity index (χ3n) is 2.30. The number of hydrogen-bond acceptors (Lipinski definition) is 2. The summed E-state index contributed by atoms with van der Waals surface area (Å²) in [6.45, 7) is 1.72. The average Bonchev–Trinajstić information content (AvgIpc) is 2.71. The Labute approximate surface area is 97.8 Å². The highest BCUT2D eigenvalue weighted by atomic mass is 35.5. The number of alkyl halides is 1. The SMILES string of the molecule is Cc1cc(-n2cc(CCCl)nn2)ccc1F. The molecule has 0 aliphatic rings. The Morgan fingerprint density at radius 1 is 1.44 bits per heavy atom. The monoisotopic (exact) mass is 239 g/mol. The van der Waals surface area contributed by atoms with Gasteiger partial charge in [0.15, 0.2) is 0 Å². The summed E-state index contributed by atoms with van der Waals surface area (Å²) < 4.78 is 14.7. The molecule has 0 spiro atoms. The zero-order chi connectivity index (χ0) is 11.5. The maximum atomic E-state index is 13.1. The molecule has 1 heterocycles. The molecule has 0 amide bonds. The highest BCUT2D eigenvalue weighted by molar-refractivity contribution is 6.17. The van der Waals surface area contributed by atoms with Gasteiger partial charge in [-0.15, -0.1) is 16.7 Å². The van der Waals surface area contributed by atoms with Gasteiger partial charge in [0.1, 0.15) is 5.82 Å². The highest BCUT2D eigenvalue weighted by Crippen LogP contribution is 2.12. The molecule has 0 bridgehead atoms. The fraction of sp³-hybridized carbons (Fsp3) is 0.273. The van der Waals surface area contributed by atoms with Crippen LogP contribution in [0.4, 0.5) is 4.39 Å². The first-order valence-corrected chi connectivity index (χ1v) is 5.48. The fourth-order valence-corrected chi connectivity index (χ4v) is 1.60. The minimum atomic E-state index is -0.218. The molecule has 0 fully saturated rings. The molecule has 0 N–H and O–H groups in total. The second-order valence-electron chi connectivity index (χ2n) is 3.53. The van der Waals surface area contributed by atoms with Crippen molar-refractivity contribution < 1.29 is 4.39 Å². The normalized spacial score (nSPS) is 10.7. The van der Waals surface area contributed by atoms with E-state index in [1.54, 1.807) is 29.9 Å². The maximum absolute atomic E-state index is 13.1. The van der Waals surface area contributed by atoms with Crippen molar-refractivity contribution in [1.82, 2.24) is 15.0 Å². The van der Waals surface area contributed by atoms with Crippen LogP contribution in [0.25, 0.3) is 5.69 Å². The van der Waals surface area contributed by atoms with E-state index in [1.165, 1.54) is 6.07 Å². The lowest BCUT2D eigenvalue weighted by atomic mass is 10.2. The van der Waals surface area contributed by atoms with Crippen molar-refractivity contribution >= 4 is 11.6 Å². The topological polar surface area (TPSA) is 30.7 Å². The minimum absolute atomic E-state index is 0.218. The van der Waals surface area contributed by atoms with Crippen molar-refractivity contribution in [2.24, 2.45) is 0 Å². The molecule has 2 rings (SSSR count). The van der Waals surface area contributed by atoms with Crippen LogP contribution in [-0.4, -0.2) is 20.9 Å². The van der Waals surface area contributed by atoms with E-state index in [2.05, 4.69) is 10.3 Å². The molecular formula is C11H11ClFN3. The van der Waals surface area contributed by atoms with Crippen molar-refractivity contribution in [1.29, 1.82) is 0 Å². The van der Waals surface area contributed by atoms with Crippen LogP contribution in [0, 0.1) is 12.7 Å². The van der Waals surface area contributed by atoms with Crippen molar-refractivity contribution in [2.45, 2.75) is 13.3 Å². The molecule has 0 atom stereocenters. The Kier molecular flexibility index (Phi) is 3.19. The van der Waals surface area contributed by atoms with E-state index in [0.29, 0.717) is 17.9 Å². The lowest BCUT2D eigenvalue weighted by molar-refractivity contribution is 0.617. The summed E-state index contributed by atoms with van der Waals surface area (Å²) >= 11 is 5.61. The number of aryl methyl sites for hydroxylation is 2. The van der Waals surface area contributed by atoms with Crippen LogP contribution >= 0.6 is 11.6 Å². The van der Waals surface area contributed by atoms with E-state index in [0.717, 1.165) is 11.4 Å². The van der Waals surface area contributed by atoms with Crippen LogP contribution in [0.5, 0.6) is 0 Å². The standard InChI is InChI=1S/C11H11ClFN3/c1-8-6-10(2-3-11(8)13)16-7-9(4-5-12)14-15-16/h2-3,6-7H,4-5H2,1H3. The first-order valence-electron chi connectivity index (χ1n) is 4.94. The summed E-state index contributed by atoms with van der Waals surface area (Å²) in [6.07, 6.45) is 2.48. The van der Waals surface area contributed by atoms with Crippen molar-refractivity contribution in [2.75, 3.05) is 5.88 Å². The fourth-order valence-electron chi connectivity index (χ4n) is 1.41. The highest BCUT2D eigenvalue weighted by Gasteiger charge is 2.04. The van der Waals surface area contributed by atoms with Gasteiger partial charge in [-0.1, -0.05) is 5.21 Å². The van der Waals surface area contributed by atoms with Gasteiger partial charge < -0.3 is 0 Å². The zero-order valence-corrected chi connectivity index (χ0v) is 9.58. The predicted molar refractivity (Wildman–Crippen MR) is 60.5 cm³/mol. The van der Waals surface area contributed by atoms with E-state index >= 15 is 0 Å². The minimum Gasteiger partial charge on any atom is -0.220 e. The lowest BCUT2D eigenvalue weighted by Crippen LogP contribution is -1.96. The van der Waals surface area contributed by atoms with Crippen molar-refractivity contribution in [3.05, 3.63) is 41.5 Å². The molecular weight excluding hydrogens is 229 g/mol. The van der Waals surface area contributed by atoms with Gasteiger partial charge in [0.05, 0.1) is 17.6 Å². The van der Waals surface area contributed by atoms with Gasteiger partial charge in [-0.3, -0.25) is 0 Å². The number of aromatic nitrogens is 3. The van der Waals surface area contributed by atoms with Gasteiger partial charge in [-0.2, -0.15) is 0 Å². The number of nitrogens with zero attached hydrogens (tertiary/aromatic N) is 3. The smallest absolute Gasteiger partial charge is 0.126 e. The van der Waals surface area contributed by atoms with E-state index in [-0.39, 0.29) is 5.82 Å². The van der Waals surface area contributed by atoms with E-state index < -0.39 is 0 Å². The van der Waals surface area contributed by atoms with E-state index in [1.807, 2.05) is 0 Å². The van der Waals surface area contributed by atoms with Crippen LogP contribution < -0.4 is 0 Å². The van der Waals surface area contributed by atoms with Gasteiger partial charge in [-0.05, 0) is 30.7 Å². The largest absolute Gasteiger partial charge is 0.220 e. The molecule has 0 unspecified atom stereocenters. The van der Waals surface area contributed by atoms with Gasteiger partial charge in [0.2, 0.25) is 0 Å². The molecule has 2 aromatic rings. The first kappa shape index (κ1) is 11.1. The summed E-state index contributed by atoms with van der Waals surface area (Å²) in [7, 11) is 0. The number of halogens is 2. The molecule has 0 saturated heterocycles.